The van der Waals surface area contributed by atoms with Gasteiger partial charge >= 0.3 is 0 Å². The largest absolute Gasteiger partial charge is 0.379 e. The van der Waals surface area contributed by atoms with Crippen LogP contribution in [0.2, 0.25) is 0 Å². The van der Waals surface area contributed by atoms with E-state index in [1.807, 2.05) is 13.8 Å². The van der Waals surface area contributed by atoms with Gasteiger partial charge in [0.15, 0.2) is 0 Å². The zero-order valence-corrected chi connectivity index (χ0v) is 10.5. The lowest BCUT2D eigenvalue weighted by Gasteiger charge is -2.08. The molecule has 0 saturated carbocycles. The lowest BCUT2D eigenvalue weighted by atomic mass is 10.4. The van der Waals surface area contributed by atoms with Crippen LogP contribution in [-0.4, -0.2) is 44.3 Å². The Morgan fingerprint density at radius 3 is 2.47 bits per heavy atom. The number of primary amides is 1. The molecular formula is C11H22N2O4. The topological polar surface area (TPSA) is 90.7 Å². The first-order valence-corrected chi connectivity index (χ1v) is 5.76. The molecule has 0 heterocycles. The monoisotopic (exact) mass is 246 g/mol. The Balaban J connectivity index is 3.24. The fourth-order valence-corrected chi connectivity index (χ4v) is 1.01. The summed E-state index contributed by atoms with van der Waals surface area (Å²) in [6.45, 7) is 5.37. The van der Waals surface area contributed by atoms with Crippen LogP contribution in [-0.2, 0) is 19.1 Å². The molecule has 0 aromatic rings. The van der Waals surface area contributed by atoms with Crippen LogP contribution in [0.5, 0.6) is 0 Å². The predicted molar refractivity (Wildman–Crippen MR) is 63.3 cm³/mol. The van der Waals surface area contributed by atoms with E-state index in [0.29, 0.717) is 32.8 Å². The maximum atomic E-state index is 11.2. The van der Waals surface area contributed by atoms with Crippen molar-refractivity contribution in [2.75, 3.05) is 26.4 Å². The minimum Gasteiger partial charge on any atom is -0.379 e. The second-order valence-electron chi connectivity index (χ2n) is 3.85. The van der Waals surface area contributed by atoms with E-state index in [4.69, 9.17) is 15.2 Å². The number of hydrogen-bond acceptors (Lipinski definition) is 4. The predicted octanol–water partition coefficient (Wildman–Crippen LogP) is -0.190. The number of carbonyl (C=O) groups excluding carboxylic acids is 2. The van der Waals surface area contributed by atoms with Crippen LogP contribution in [0.1, 0.15) is 26.7 Å². The van der Waals surface area contributed by atoms with Crippen molar-refractivity contribution in [3.05, 3.63) is 0 Å². The van der Waals surface area contributed by atoms with Gasteiger partial charge in [-0.05, 0) is 13.8 Å². The van der Waals surface area contributed by atoms with Gasteiger partial charge in [0.2, 0.25) is 11.8 Å². The number of ether oxygens (including phenoxy) is 2. The van der Waals surface area contributed by atoms with Gasteiger partial charge in [0.05, 0.1) is 25.9 Å². The van der Waals surface area contributed by atoms with Gasteiger partial charge in [-0.1, -0.05) is 0 Å². The Morgan fingerprint density at radius 2 is 1.88 bits per heavy atom. The summed E-state index contributed by atoms with van der Waals surface area (Å²) in [5.74, 6) is -0.455. The van der Waals surface area contributed by atoms with Crippen LogP contribution in [0, 0.1) is 0 Å². The molecule has 3 N–H and O–H groups in total. The summed E-state index contributed by atoms with van der Waals surface area (Å²) in [6, 6.07) is 0. The maximum Gasteiger partial charge on any atom is 0.222 e. The van der Waals surface area contributed by atoms with Gasteiger partial charge in [0.1, 0.15) is 0 Å². The van der Waals surface area contributed by atoms with Crippen LogP contribution in [0.4, 0.5) is 0 Å². The molecule has 6 nitrogen and oxygen atoms in total. The molecule has 0 spiro atoms. The summed E-state index contributed by atoms with van der Waals surface area (Å²) >= 11 is 0. The molecule has 6 heteroatoms. The molecule has 0 fully saturated rings. The van der Waals surface area contributed by atoms with Crippen molar-refractivity contribution in [3.63, 3.8) is 0 Å². The van der Waals surface area contributed by atoms with E-state index >= 15 is 0 Å². The van der Waals surface area contributed by atoms with E-state index in [1.165, 1.54) is 0 Å². The second kappa shape index (κ2) is 10.0. The number of amides is 2. The molecule has 0 rings (SSSR count). The van der Waals surface area contributed by atoms with Crippen LogP contribution < -0.4 is 11.1 Å². The minimum atomic E-state index is -0.389. The molecule has 100 valence electrons. The van der Waals surface area contributed by atoms with Gasteiger partial charge in [-0.25, -0.2) is 0 Å². The van der Waals surface area contributed by atoms with Gasteiger partial charge in [-0.3, -0.25) is 9.59 Å². The quantitative estimate of drug-likeness (QED) is 0.523. The highest BCUT2D eigenvalue weighted by Crippen LogP contribution is 1.90. The highest BCUT2D eigenvalue weighted by atomic mass is 16.5. The van der Waals surface area contributed by atoms with Crippen molar-refractivity contribution in [1.82, 2.24) is 5.32 Å². The summed E-state index contributed by atoms with van der Waals surface area (Å²) in [7, 11) is 0. The third kappa shape index (κ3) is 12.8. The molecular weight excluding hydrogens is 224 g/mol. The first-order chi connectivity index (χ1) is 8.02. The van der Waals surface area contributed by atoms with Crippen molar-refractivity contribution in [1.29, 1.82) is 0 Å². The number of rotatable bonds is 10. The van der Waals surface area contributed by atoms with Crippen molar-refractivity contribution >= 4 is 11.8 Å². The van der Waals surface area contributed by atoms with Gasteiger partial charge in [-0.2, -0.15) is 0 Å². The van der Waals surface area contributed by atoms with Gasteiger partial charge < -0.3 is 20.5 Å². The van der Waals surface area contributed by atoms with Crippen LogP contribution in [0.15, 0.2) is 0 Å². The number of nitrogens with one attached hydrogen (secondary N) is 1. The summed E-state index contributed by atoms with van der Waals surface area (Å²) in [6.07, 6.45) is 0.690. The number of carbonyl (C=O) groups is 2. The standard InChI is InChI=1S/C11H22N2O4/c1-9(2)17-7-4-11(15)13-5-8-16-6-3-10(12)14/h9H,3-8H2,1-2H3,(H2,12,14)(H,13,15). The third-order valence-electron chi connectivity index (χ3n) is 1.84. The van der Waals surface area contributed by atoms with E-state index in [9.17, 15) is 9.59 Å². The zero-order valence-electron chi connectivity index (χ0n) is 10.5. The van der Waals surface area contributed by atoms with E-state index in [1.54, 1.807) is 0 Å². The lowest BCUT2D eigenvalue weighted by Crippen LogP contribution is -2.28. The van der Waals surface area contributed by atoms with Gasteiger partial charge in [-0.15, -0.1) is 0 Å². The second-order valence-corrected chi connectivity index (χ2v) is 3.85. The molecule has 0 aliphatic rings. The Morgan fingerprint density at radius 1 is 1.18 bits per heavy atom. The molecule has 0 aliphatic heterocycles. The molecule has 0 aromatic carbocycles. The Hall–Kier alpha value is -1.14. The first-order valence-electron chi connectivity index (χ1n) is 5.76. The molecule has 0 aromatic heterocycles. The minimum absolute atomic E-state index is 0.0656. The SMILES string of the molecule is CC(C)OCCC(=O)NCCOCCC(N)=O. The summed E-state index contributed by atoms with van der Waals surface area (Å²) < 4.78 is 10.3. The van der Waals surface area contributed by atoms with Crippen LogP contribution >= 0.6 is 0 Å². The molecule has 0 bridgehead atoms. The summed E-state index contributed by atoms with van der Waals surface area (Å²) in [4.78, 5) is 21.6. The Bertz CT molecular complexity index is 232. The summed E-state index contributed by atoms with van der Waals surface area (Å²) in [5.41, 5.74) is 4.93. The van der Waals surface area contributed by atoms with E-state index < -0.39 is 0 Å². The van der Waals surface area contributed by atoms with Gasteiger partial charge in [0.25, 0.3) is 0 Å². The normalized spacial score (nSPS) is 10.5. The van der Waals surface area contributed by atoms with Crippen molar-refractivity contribution in [2.45, 2.75) is 32.8 Å². The average Bonchev–Trinajstić information content (AvgIpc) is 2.22. The van der Waals surface area contributed by atoms with Crippen molar-refractivity contribution in [3.8, 4) is 0 Å². The number of hydrogen-bond donors (Lipinski definition) is 2. The molecule has 0 unspecified atom stereocenters. The van der Waals surface area contributed by atoms with E-state index in [0.717, 1.165) is 0 Å². The van der Waals surface area contributed by atoms with Gasteiger partial charge in [0, 0.05) is 19.4 Å². The van der Waals surface area contributed by atoms with Crippen LogP contribution in [0.3, 0.4) is 0 Å². The lowest BCUT2D eigenvalue weighted by molar-refractivity contribution is -0.123. The molecule has 2 amide bonds. The smallest absolute Gasteiger partial charge is 0.222 e. The summed E-state index contributed by atoms with van der Waals surface area (Å²) in [5, 5.41) is 2.68. The fourth-order valence-electron chi connectivity index (χ4n) is 1.01. The molecule has 0 aliphatic carbocycles. The molecule has 17 heavy (non-hydrogen) atoms. The highest BCUT2D eigenvalue weighted by Gasteiger charge is 2.01. The van der Waals surface area contributed by atoms with E-state index in [2.05, 4.69) is 5.32 Å². The average molecular weight is 246 g/mol. The van der Waals surface area contributed by atoms with Crippen LogP contribution in [0.25, 0.3) is 0 Å². The molecule has 0 atom stereocenters. The molecule has 0 radical (unpaired) electrons. The van der Waals surface area contributed by atoms with Crippen molar-refractivity contribution in [2.24, 2.45) is 5.73 Å². The molecule has 0 saturated heterocycles. The first kappa shape index (κ1) is 15.9. The number of nitrogens with two attached hydrogens (primary N) is 1. The van der Waals surface area contributed by atoms with E-state index in [-0.39, 0.29) is 24.3 Å². The Labute approximate surface area is 102 Å². The van der Waals surface area contributed by atoms with Crippen molar-refractivity contribution < 1.29 is 19.1 Å². The fraction of sp³-hybridized carbons (Fsp3) is 0.818. The maximum absolute atomic E-state index is 11.2. The zero-order chi connectivity index (χ0) is 13.1. The highest BCUT2D eigenvalue weighted by molar-refractivity contribution is 5.75. The Kier molecular flexibility index (Phi) is 9.37. The third-order valence-corrected chi connectivity index (χ3v) is 1.84.